The van der Waals surface area contributed by atoms with E-state index in [0.29, 0.717) is 55.6 Å². The summed E-state index contributed by atoms with van der Waals surface area (Å²) in [6, 6.07) is 14.3. The second kappa shape index (κ2) is 10.7. The summed E-state index contributed by atoms with van der Waals surface area (Å²) in [5, 5.41) is 4.44. The fourth-order valence-electron chi connectivity index (χ4n) is 4.42. The molecule has 1 saturated carbocycles. The number of anilines is 2. The van der Waals surface area contributed by atoms with Gasteiger partial charge >= 0.3 is 5.56 Å². The lowest BCUT2D eigenvalue weighted by Gasteiger charge is -2.36. The van der Waals surface area contributed by atoms with E-state index in [1.54, 1.807) is 24.4 Å². The van der Waals surface area contributed by atoms with Crippen molar-refractivity contribution < 1.29 is 14.1 Å². The molecule has 10 nitrogen and oxygen atoms in total. The molecule has 1 aliphatic carbocycles. The number of hydrogen-bond donors (Lipinski definition) is 2. The van der Waals surface area contributed by atoms with Crippen LogP contribution in [0.5, 0.6) is 5.75 Å². The molecular formula is C27H32N6O4S. The first kappa shape index (κ1) is 26.1. The molecule has 2 aliphatic rings. The van der Waals surface area contributed by atoms with Crippen molar-refractivity contribution in [3.05, 3.63) is 76.2 Å². The van der Waals surface area contributed by atoms with E-state index in [2.05, 4.69) is 16.9 Å². The third-order valence-corrected chi connectivity index (χ3v) is 8.65. The lowest BCUT2D eigenvalue weighted by molar-refractivity contribution is 0.100. The molecule has 1 saturated heterocycles. The van der Waals surface area contributed by atoms with Crippen molar-refractivity contribution in [3.8, 4) is 11.4 Å². The first-order chi connectivity index (χ1) is 18.2. The van der Waals surface area contributed by atoms with Crippen LogP contribution in [0.25, 0.3) is 5.69 Å². The van der Waals surface area contributed by atoms with Crippen LogP contribution in [0.4, 0.5) is 11.4 Å². The van der Waals surface area contributed by atoms with Crippen LogP contribution >= 0.6 is 0 Å². The Hall–Kier alpha value is -3.54. The highest BCUT2D eigenvalue weighted by atomic mass is 32.2. The van der Waals surface area contributed by atoms with Gasteiger partial charge in [0.25, 0.3) is 5.91 Å². The summed E-state index contributed by atoms with van der Waals surface area (Å²) in [5.74, 6) is -0.0602. The number of amides is 1. The van der Waals surface area contributed by atoms with Gasteiger partial charge in [-0.1, -0.05) is 31.2 Å². The Kier molecular flexibility index (Phi) is 7.33. The zero-order chi connectivity index (χ0) is 26.9. The normalized spacial score (nSPS) is 17.7. The number of primary amides is 1. The summed E-state index contributed by atoms with van der Waals surface area (Å²) in [6.07, 6.45) is 3.85. The minimum atomic E-state index is -1.30. The molecule has 1 amide bonds. The van der Waals surface area contributed by atoms with E-state index in [9.17, 15) is 14.1 Å². The Bertz CT molecular complexity index is 1370. The molecule has 11 heteroatoms. The van der Waals surface area contributed by atoms with Crippen LogP contribution in [-0.2, 0) is 17.1 Å². The number of nitrogens with two attached hydrogens (primary N) is 2. The molecule has 0 bridgehead atoms. The SMILES string of the molecule is CC1(COc2c(N3CCN([S+]([O-])Cc4ccc(N)c(C(N)=O)c4)CC3)cnn(-c3ccccc3)c2=O)CC1. The number of piperazine rings is 1. The van der Waals surface area contributed by atoms with E-state index in [1.165, 1.54) is 4.68 Å². The molecule has 2 fully saturated rings. The molecule has 2 aromatic carbocycles. The van der Waals surface area contributed by atoms with E-state index < -0.39 is 17.3 Å². The third kappa shape index (κ3) is 5.64. The van der Waals surface area contributed by atoms with E-state index in [0.717, 1.165) is 18.4 Å². The van der Waals surface area contributed by atoms with Crippen LogP contribution in [0.2, 0.25) is 0 Å². The zero-order valence-electron chi connectivity index (χ0n) is 21.3. The van der Waals surface area contributed by atoms with Gasteiger partial charge in [0.05, 0.1) is 37.1 Å². The number of carbonyl (C=O) groups is 1. The maximum absolute atomic E-state index is 13.5. The number of hydrogen-bond acceptors (Lipinski definition) is 8. The number of nitrogens with zero attached hydrogens (tertiary/aromatic N) is 4. The van der Waals surface area contributed by atoms with Crippen molar-refractivity contribution in [1.82, 2.24) is 14.1 Å². The van der Waals surface area contributed by atoms with E-state index >= 15 is 0 Å². The average Bonchev–Trinajstić information content (AvgIpc) is 3.66. The van der Waals surface area contributed by atoms with Crippen molar-refractivity contribution in [2.75, 3.05) is 43.4 Å². The lowest BCUT2D eigenvalue weighted by atomic mass is 10.1. The molecule has 1 aromatic heterocycles. The van der Waals surface area contributed by atoms with Gasteiger partial charge in [0.2, 0.25) is 5.75 Å². The van der Waals surface area contributed by atoms with Gasteiger partial charge in [-0.2, -0.15) is 9.78 Å². The van der Waals surface area contributed by atoms with Crippen LogP contribution in [-0.4, -0.2) is 57.3 Å². The number of ether oxygens (including phenoxy) is 1. The molecule has 1 aliphatic heterocycles. The lowest BCUT2D eigenvalue weighted by Crippen LogP contribution is -2.49. The zero-order valence-corrected chi connectivity index (χ0v) is 22.2. The van der Waals surface area contributed by atoms with Crippen molar-refractivity contribution in [3.63, 3.8) is 0 Å². The Morgan fingerprint density at radius 2 is 1.84 bits per heavy atom. The molecule has 1 unspecified atom stereocenters. The van der Waals surface area contributed by atoms with Crippen LogP contribution in [0.1, 0.15) is 35.7 Å². The van der Waals surface area contributed by atoms with Crippen LogP contribution in [0.3, 0.4) is 0 Å². The summed E-state index contributed by atoms with van der Waals surface area (Å²) in [7, 11) is 0. The molecule has 200 valence electrons. The highest BCUT2D eigenvalue weighted by Crippen LogP contribution is 2.45. The highest BCUT2D eigenvalue weighted by molar-refractivity contribution is 7.88. The fraction of sp³-hybridized carbons (Fsp3) is 0.370. The predicted molar refractivity (Wildman–Crippen MR) is 148 cm³/mol. The second-order valence-electron chi connectivity index (χ2n) is 10.2. The van der Waals surface area contributed by atoms with Crippen molar-refractivity contribution in [2.45, 2.75) is 25.5 Å². The van der Waals surface area contributed by atoms with Crippen LogP contribution < -0.4 is 26.7 Å². The van der Waals surface area contributed by atoms with Gasteiger partial charge in [-0.05, 0) is 37.1 Å². The highest BCUT2D eigenvalue weighted by Gasteiger charge is 2.39. The van der Waals surface area contributed by atoms with Crippen molar-refractivity contribution in [1.29, 1.82) is 0 Å². The fourth-order valence-corrected chi connectivity index (χ4v) is 5.64. The maximum Gasteiger partial charge on any atom is 0.316 e. The molecule has 5 rings (SSSR count). The first-order valence-electron chi connectivity index (χ1n) is 12.6. The molecule has 3 aromatic rings. The minimum Gasteiger partial charge on any atom is -0.598 e. The largest absolute Gasteiger partial charge is 0.598 e. The quantitative estimate of drug-likeness (QED) is 0.313. The number of aromatic nitrogens is 2. The molecule has 2 heterocycles. The molecule has 0 radical (unpaired) electrons. The minimum absolute atomic E-state index is 0.108. The predicted octanol–water partition coefficient (Wildman–Crippen LogP) is 2.08. The van der Waals surface area contributed by atoms with Gasteiger partial charge in [-0.3, -0.25) is 9.59 Å². The number of para-hydroxylation sites is 1. The molecule has 0 spiro atoms. The van der Waals surface area contributed by atoms with Crippen molar-refractivity contribution in [2.24, 2.45) is 11.1 Å². The van der Waals surface area contributed by atoms with Gasteiger partial charge in [0.15, 0.2) is 5.75 Å². The average molecular weight is 537 g/mol. The molecule has 4 N–H and O–H groups in total. The Morgan fingerprint density at radius 3 is 2.50 bits per heavy atom. The van der Waals surface area contributed by atoms with Crippen LogP contribution in [0, 0.1) is 5.41 Å². The molecule has 1 atom stereocenters. The summed E-state index contributed by atoms with van der Waals surface area (Å²) >= 11 is -1.30. The molecule has 38 heavy (non-hydrogen) atoms. The van der Waals surface area contributed by atoms with E-state index in [1.807, 2.05) is 34.6 Å². The Labute approximate surface area is 224 Å². The maximum atomic E-state index is 13.5. The summed E-state index contributed by atoms with van der Waals surface area (Å²) in [4.78, 5) is 27.2. The second-order valence-corrected chi connectivity index (χ2v) is 11.6. The smallest absolute Gasteiger partial charge is 0.316 e. The number of nitrogen functional groups attached to an aromatic ring is 1. The van der Waals surface area contributed by atoms with Gasteiger partial charge < -0.3 is 25.7 Å². The van der Waals surface area contributed by atoms with Crippen molar-refractivity contribution >= 4 is 28.6 Å². The number of rotatable bonds is 9. The van der Waals surface area contributed by atoms with Gasteiger partial charge in [0.1, 0.15) is 5.69 Å². The third-order valence-electron chi connectivity index (χ3n) is 7.12. The standard InChI is InChI=1S/C27H32N6O4S/c1-27(9-10-27)18-37-24-23(16-30-33(26(24)35)20-5-3-2-4-6-20)31-11-13-32(14-12-31)38(36)17-19-7-8-22(28)21(15-19)25(29)34/h2-8,15-16H,9-14,17-18,28H2,1H3,(H2,29,34). The van der Waals surface area contributed by atoms with Gasteiger partial charge in [-0.25, -0.2) is 0 Å². The summed E-state index contributed by atoms with van der Waals surface area (Å²) in [5.41, 5.74) is 13.6. The van der Waals surface area contributed by atoms with E-state index in [4.69, 9.17) is 16.2 Å². The van der Waals surface area contributed by atoms with Crippen LogP contribution in [0.15, 0.2) is 59.5 Å². The Balaban J connectivity index is 1.30. The monoisotopic (exact) mass is 536 g/mol. The van der Waals surface area contributed by atoms with E-state index in [-0.39, 0.29) is 22.3 Å². The summed E-state index contributed by atoms with van der Waals surface area (Å²) in [6.45, 7) is 4.82. The first-order valence-corrected chi connectivity index (χ1v) is 13.9. The summed E-state index contributed by atoms with van der Waals surface area (Å²) < 4.78 is 22.5. The number of benzene rings is 2. The molecular weight excluding hydrogens is 504 g/mol. The topological polar surface area (TPSA) is 143 Å². The number of carbonyl (C=O) groups excluding carboxylic acids is 1. The Morgan fingerprint density at radius 1 is 1.13 bits per heavy atom. The van der Waals surface area contributed by atoms with Gasteiger partial charge in [-0.15, -0.1) is 4.31 Å². The van der Waals surface area contributed by atoms with Gasteiger partial charge in [0, 0.05) is 41.1 Å².